The van der Waals surface area contributed by atoms with E-state index in [4.69, 9.17) is 9.47 Å². The van der Waals surface area contributed by atoms with Crippen LogP contribution in [0.4, 0.5) is 5.69 Å². The van der Waals surface area contributed by atoms with Gasteiger partial charge in [-0.15, -0.1) is 0 Å². The van der Waals surface area contributed by atoms with Crippen molar-refractivity contribution in [3.05, 3.63) is 53.6 Å². The molecule has 1 amide bonds. The number of para-hydroxylation sites is 1. The van der Waals surface area contributed by atoms with E-state index in [-0.39, 0.29) is 11.9 Å². The number of carbonyl (C=O) groups excluding carboxylic acids is 1. The molecule has 0 radical (unpaired) electrons. The molecule has 1 aliphatic rings. The highest BCUT2D eigenvalue weighted by Gasteiger charge is 2.26. The summed E-state index contributed by atoms with van der Waals surface area (Å²) in [4.78, 5) is 17.2. The third-order valence-corrected chi connectivity index (χ3v) is 5.61. The molecule has 3 rings (SSSR count). The Hall–Kier alpha value is -2.57. The van der Waals surface area contributed by atoms with Crippen molar-refractivity contribution in [2.24, 2.45) is 0 Å². The fourth-order valence-corrected chi connectivity index (χ4v) is 3.68. The van der Waals surface area contributed by atoms with Crippen LogP contribution >= 0.6 is 0 Å². The number of nitrogens with one attached hydrogen (secondary N) is 1. The molecule has 1 heterocycles. The summed E-state index contributed by atoms with van der Waals surface area (Å²) in [6.07, 6.45) is 0. The highest BCUT2D eigenvalue weighted by molar-refractivity contribution is 5.94. The van der Waals surface area contributed by atoms with Crippen LogP contribution in [-0.4, -0.2) is 62.1 Å². The third kappa shape index (κ3) is 5.28. The molecule has 0 aromatic heterocycles. The van der Waals surface area contributed by atoms with Crippen LogP contribution in [0.1, 0.15) is 18.1 Å². The van der Waals surface area contributed by atoms with Crippen molar-refractivity contribution in [2.45, 2.75) is 26.4 Å². The van der Waals surface area contributed by atoms with Crippen molar-refractivity contribution >= 4 is 11.6 Å². The monoisotopic (exact) mass is 397 g/mol. The Morgan fingerprint density at radius 3 is 2.28 bits per heavy atom. The van der Waals surface area contributed by atoms with Crippen LogP contribution in [0, 0.1) is 6.92 Å². The van der Waals surface area contributed by atoms with E-state index in [9.17, 15) is 4.79 Å². The second kappa shape index (κ2) is 9.76. The lowest BCUT2D eigenvalue weighted by Crippen LogP contribution is -2.52. The minimum Gasteiger partial charge on any atom is -0.493 e. The number of methoxy groups -OCH3 is 2. The molecular formula is C23H31N3O3. The van der Waals surface area contributed by atoms with E-state index >= 15 is 0 Å². The van der Waals surface area contributed by atoms with Gasteiger partial charge in [-0.3, -0.25) is 14.6 Å². The van der Waals surface area contributed by atoms with E-state index in [0.29, 0.717) is 0 Å². The molecule has 2 aromatic carbocycles. The minimum atomic E-state index is -0.153. The van der Waals surface area contributed by atoms with Crippen LogP contribution in [0.3, 0.4) is 0 Å². The first-order valence-corrected chi connectivity index (χ1v) is 10.1. The standard InChI is InChI=1S/C23H31N3O3/c1-17-14-21(28-3)22(29-4)15-19(17)16-25-10-12-26(13-11-25)18(2)23(27)24-20-8-6-5-7-9-20/h5-9,14-15,18H,10-13,16H2,1-4H3,(H,24,27). The number of hydrogen-bond donors (Lipinski definition) is 1. The van der Waals surface area contributed by atoms with E-state index in [0.717, 1.165) is 49.9 Å². The van der Waals surface area contributed by atoms with Gasteiger partial charge in [0.2, 0.25) is 5.91 Å². The Labute approximate surface area is 173 Å². The zero-order valence-corrected chi connectivity index (χ0v) is 17.8. The molecule has 6 heteroatoms. The summed E-state index contributed by atoms with van der Waals surface area (Å²) in [5.74, 6) is 1.56. The zero-order chi connectivity index (χ0) is 20.8. The van der Waals surface area contributed by atoms with Crippen molar-refractivity contribution in [3.8, 4) is 11.5 Å². The number of rotatable bonds is 7. The van der Waals surface area contributed by atoms with Crippen molar-refractivity contribution in [2.75, 3.05) is 45.7 Å². The van der Waals surface area contributed by atoms with Crippen LogP contribution in [0.5, 0.6) is 11.5 Å². The Bertz CT molecular complexity index is 818. The van der Waals surface area contributed by atoms with E-state index in [2.05, 4.69) is 28.1 Å². The maximum Gasteiger partial charge on any atom is 0.241 e. The molecule has 1 fully saturated rings. The van der Waals surface area contributed by atoms with Gasteiger partial charge < -0.3 is 14.8 Å². The first-order chi connectivity index (χ1) is 14.0. The Balaban J connectivity index is 1.54. The number of hydrogen-bond acceptors (Lipinski definition) is 5. The van der Waals surface area contributed by atoms with Gasteiger partial charge in [-0.05, 0) is 49.2 Å². The summed E-state index contributed by atoms with van der Waals surface area (Å²) >= 11 is 0. The summed E-state index contributed by atoms with van der Waals surface area (Å²) in [5, 5.41) is 3.00. The van der Waals surface area contributed by atoms with Crippen molar-refractivity contribution in [1.82, 2.24) is 9.80 Å². The molecule has 1 N–H and O–H groups in total. The number of benzene rings is 2. The molecule has 0 spiro atoms. The lowest BCUT2D eigenvalue weighted by atomic mass is 10.1. The molecule has 1 unspecified atom stereocenters. The average molecular weight is 398 g/mol. The van der Waals surface area contributed by atoms with Crippen molar-refractivity contribution in [3.63, 3.8) is 0 Å². The Kier molecular flexibility index (Phi) is 7.12. The van der Waals surface area contributed by atoms with Crippen molar-refractivity contribution in [1.29, 1.82) is 0 Å². The summed E-state index contributed by atoms with van der Waals surface area (Å²) in [6, 6.07) is 13.6. The smallest absolute Gasteiger partial charge is 0.241 e. The van der Waals surface area contributed by atoms with Gasteiger partial charge in [-0.25, -0.2) is 0 Å². The Morgan fingerprint density at radius 2 is 1.66 bits per heavy atom. The predicted molar refractivity (Wildman–Crippen MR) is 116 cm³/mol. The number of amides is 1. The van der Waals surface area contributed by atoms with Gasteiger partial charge in [-0.2, -0.15) is 0 Å². The highest BCUT2D eigenvalue weighted by Crippen LogP contribution is 2.31. The molecule has 2 aromatic rings. The molecule has 1 saturated heterocycles. The van der Waals surface area contributed by atoms with Gasteiger partial charge >= 0.3 is 0 Å². The lowest BCUT2D eigenvalue weighted by molar-refractivity contribution is -0.121. The number of piperazine rings is 1. The molecular weight excluding hydrogens is 366 g/mol. The molecule has 6 nitrogen and oxygen atoms in total. The second-order valence-corrected chi connectivity index (χ2v) is 7.48. The normalized spacial score (nSPS) is 16.3. The maximum absolute atomic E-state index is 12.6. The van der Waals surface area contributed by atoms with Crippen LogP contribution in [0.25, 0.3) is 0 Å². The van der Waals surface area contributed by atoms with Crippen LogP contribution < -0.4 is 14.8 Å². The second-order valence-electron chi connectivity index (χ2n) is 7.48. The summed E-state index contributed by atoms with van der Waals surface area (Å²) in [6.45, 7) is 8.54. The van der Waals surface area contributed by atoms with Crippen LogP contribution in [0.15, 0.2) is 42.5 Å². The van der Waals surface area contributed by atoms with Crippen molar-refractivity contribution < 1.29 is 14.3 Å². The van der Waals surface area contributed by atoms with Gasteiger partial charge in [0.1, 0.15) is 0 Å². The van der Waals surface area contributed by atoms with Gasteiger partial charge in [0, 0.05) is 38.4 Å². The molecule has 1 aliphatic heterocycles. The summed E-state index contributed by atoms with van der Waals surface area (Å²) in [7, 11) is 3.32. The molecule has 29 heavy (non-hydrogen) atoms. The largest absolute Gasteiger partial charge is 0.493 e. The van der Waals surface area contributed by atoms with Gasteiger partial charge in [0.15, 0.2) is 11.5 Å². The molecule has 0 aliphatic carbocycles. The number of nitrogens with zero attached hydrogens (tertiary/aromatic N) is 2. The fourth-order valence-electron chi connectivity index (χ4n) is 3.68. The topological polar surface area (TPSA) is 54.0 Å². The van der Waals surface area contributed by atoms with Gasteiger partial charge in [0.25, 0.3) is 0 Å². The molecule has 0 saturated carbocycles. The first kappa shape index (κ1) is 21.1. The summed E-state index contributed by atoms with van der Waals surface area (Å²) in [5.41, 5.74) is 3.28. The number of aryl methyl sites for hydroxylation is 1. The number of anilines is 1. The number of carbonyl (C=O) groups is 1. The van der Waals surface area contributed by atoms with E-state index in [1.54, 1.807) is 14.2 Å². The third-order valence-electron chi connectivity index (χ3n) is 5.61. The SMILES string of the molecule is COc1cc(C)c(CN2CCN(C(C)C(=O)Nc3ccccc3)CC2)cc1OC. The average Bonchev–Trinajstić information content (AvgIpc) is 2.75. The maximum atomic E-state index is 12.6. The fraction of sp³-hybridized carbons (Fsp3) is 0.435. The Morgan fingerprint density at radius 1 is 1.03 bits per heavy atom. The zero-order valence-electron chi connectivity index (χ0n) is 17.8. The molecule has 156 valence electrons. The quantitative estimate of drug-likeness (QED) is 0.778. The predicted octanol–water partition coefficient (Wildman–Crippen LogP) is 3.16. The molecule has 1 atom stereocenters. The van der Waals surface area contributed by atoms with Crippen LogP contribution in [0.2, 0.25) is 0 Å². The van der Waals surface area contributed by atoms with E-state index in [1.807, 2.05) is 43.3 Å². The lowest BCUT2D eigenvalue weighted by Gasteiger charge is -2.37. The van der Waals surface area contributed by atoms with Gasteiger partial charge in [0.05, 0.1) is 20.3 Å². The molecule has 0 bridgehead atoms. The van der Waals surface area contributed by atoms with E-state index < -0.39 is 0 Å². The van der Waals surface area contributed by atoms with Gasteiger partial charge in [-0.1, -0.05) is 18.2 Å². The number of ether oxygens (including phenoxy) is 2. The minimum absolute atomic E-state index is 0.0420. The first-order valence-electron chi connectivity index (χ1n) is 10.1. The van der Waals surface area contributed by atoms with E-state index in [1.165, 1.54) is 11.1 Å². The van der Waals surface area contributed by atoms with Crippen LogP contribution in [-0.2, 0) is 11.3 Å². The highest BCUT2D eigenvalue weighted by atomic mass is 16.5. The summed E-state index contributed by atoms with van der Waals surface area (Å²) < 4.78 is 10.8.